The minimum absolute atomic E-state index is 0.0152. The van der Waals surface area contributed by atoms with Crippen LogP contribution >= 0.6 is 0 Å². The molecule has 1 amide bonds. The predicted molar refractivity (Wildman–Crippen MR) is 153 cm³/mol. The summed E-state index contributed by atoms with van der Waals surface area (Å²) in [6.07, 6.45) is 3.17. The lowest BCUT2D eigenvalue weighted by atomic mass is 9.73. The molecular formula is C32H34F2N4O4. The quantitative estimate of drug-likeness (QED) is 0.358. The number of hydrogen-bond donors (Lipinski definition) is 2. The number of alkyl halides is 2. The van der Waals surface area contributed by atoms with Crippen molar-refractivity contribution in [1.82, 2.24) is 19.0 Å². The van der Waals surface area contributed by atoms with Gasteiger partial charge in [0.05, 0.1) is 30.1 Å². The number of aliphatic hydroxyl groups is 2. The van der Waals surface area contributed by atoms with Crippen LogP contribution in [-0.2, 0) is 17.9 Å². The van der Waals surface area contributed by atoms with Crippen LogP contribution in [-0.4, -0.2) is 59.8 Å². The number of aromatic nitrogens is 3. The molecule has 0 radical (unpaired) electrons. The smallest absolute Gasteiger partial charge is 0.262 e. The molecule has 220 valence electrons. The number of hydrogen-bond acceptors (Lipinski definition) is 5. The van der Waals surface area contributed by atoms with Gasteiger partial charge in [-0.2, -0.15) is 0 Å². The van der Waals surface area contributed by atoms with Crippen LogP contribution in [0.1, 0.15) is 49.1 Å². The maximum Gasteiger partial charge on any atom is 0.262 e. The lowest BCUT2D eigenvalue weighted by molar-refractivity contribution is -0.148. The van der Waals surface area contributed by atoms with Crippen LogP contribution in [0, 0.1) is 5.92 Å². The molecule has 2 aromatic carbocycles. The third kappa shape index (κ3) is 5.48. The van der Waals surface area contributed by atoms with Crippen molar-refractivity contribution >= 4 is 16.9 Å². The first kappa shape index (κ1) is 28.2. The van der Waals surface area contributed by atoms with Gasteiger partial charge in [0.1, 0.15) is 6.33 Å². The van der Waals surface area contributed by atoms with Crippen LogP contribution in [0.5, 0.6) is 0 Å². The summed E-state index contributed by atoms with van der Waals surface area (Å²) in [5.41, 5.74) is 1.43. The number of amides is 1. The summed E-state index contributed by atoms with van der Waals surface area (Å²) in [5, 5.41) is 21.1. The number of fused-ring (bicyclic) bond motifs is 1. The van der Waals surface area contributed by atoms with E-state index >= 15 is 0 Å². The highest BCUT2D eigenvalue weighted by Crippen LogP contribution is 2.46. The first-order chi connectivity index (χ1) is 20.2. The maximum atomic E-state index is 14.5. The molecule has 4 aromatic rings. The van der Waals surface area contributed by atoms with Crippen molar-refractivity contribution in [3.63, 3.8) is 0 Å². The van der Waals surface area contributed by atoms with Gasteiger partial charge in [-0.3, -0.25) is 14.2 Å². The first-order valence-electron chi connectivity index (χ1n) is 14.4. The van der Waals surface area contributed by atoms with Crippen molar-refractivity contribution in [3.8, 4) is 5.69 Å². The molecule has 8 nitrogen and oxygen atoms in total. The van der Waals surface area contributed by atoms with E-state index in [0.29, 0.717) is 11.0 Å². The summed E-state index contributed by atoms with van der Waals surface area (Å²) in [6, 6.07) is 18.4. The second-order valence-electron chi connectivity index (χ2n) is 11.7. The van der Waals surface area contributed by atoms with Gasteiger partial charge >= 0.3 is 0 Å². The van der Waals surface area contributed by atoms with Crippen LogP contribution in [0.2, 0.25) is 0 Å². The molecule has 2 N–H and O–H groups in total. The molecule has 0 unspecified atom stereocenters. The summed E-state index contributed by atoms with van der Waals surface area (Å²) < 4.78 is 32.1. The topological polar surface area (TPSA) is 101 Å². The van der Waals surface area contributed by atoms with Crippen molar-refractivity contribution in [2.24, 2.45) is 5.92 Å². The fraction of sp³-hybridized carbons (Fsp3) is 0.406. The van der Waals surface area contributed by atoms with Crippen molar-refractivity contribution in [2.45, 2.75) is 62.7 Å². The predicted octanol–water partition coefficient (Wildman–Crippen LogP) is 4.25. The van der Waals surface area contributed by atoms with Crippen molar-refractivity contribution < 1.29 is 23.8 Å². The summed E-state index contributed by atoms with van der Waals surface area (Å²) in [5.74, 6) is -4.26. The standard InChI is InChI=1S/C32H34F2N4O4/c33-32(34)12-10-25(23-4-2-1-3-5-23)27(18-32)30(41)36-16-13-31(42,14-17-36)20-37-21-35-28-26(29(37)40)11-15-38(28)24-8-6-22(19-39)7-9-24/h1-9,11,15,21,25,27,39,42H,10,12-14,16-20H2/t25-,27+/m0/s1. The van der Waals surface area contributed by atoms with E-state index in [9.17, 15) is 28.6 Å². The molecular weight excluding hydrogens is 542 g/mol. The summed E-state index contributed by atoms with van der Waals surface area (Å²) in [7, 11) is 0. The van der Waals surface area contributed by atoms with Gasteiger partial charge in [-0.05, 0) is 54.5 Å². The molecule has 2 fully saturated rings. The van der Waals surface area contributed by atoms with Crippen molar-refractivity contribution in [1.29, 1.82) is 0 Å². The Hall–Kier alpha value is -3.89. The Morgan fingerprint density at radius 2 is 1.71 bits per heavy atom. The molecule has 1 saturated carbocycles. The fourth-order valence-electron chi connectivity index (χ4n) is 6.48. The Labute approximate surface area is 241 Å². The highest BCUT2D eigenvalue weighted by molar-refractivity contribution is 5.80. The Morgan fingerprint density at radius 3 is 2.40 bits per heavy atom. The fourth-order valence-corrected chi connectivity index (χ4v) is 6.48. The van der Waals surface area contributed by atoms with Crippen LogP contribution < -0.4 is 5.56 Å². The van der Waals surface area contributed by atoms with E-state index in [2.05, 4.69) is 4.98 Å². The lowest BCUT2D eigenvalue weighted by Gasteiger charge is -2.42. The zero-order valence-corrected chi connectivity index (χ0v) is 23.2. The van der Waals surface area contributed by atoms with Gasteiger partial charge in [0.2, 0.25) is 11.8 Å². The van der Waals surface area contributed by atoms with E-state index in [4.69, 9.17) is 0 Å². The Kier molecular flexibility index (Phi) is 7.44. The second-order valence-corrected chi connectivity index (χ2v) is 11.7. The SMILES string of the molecule is O=C([C@@H]1CC(F)(F)CC[C@H]1c1ccccc1)N1CCC(O)(Cn2cnc3c(ccn3-c3ccc(CO)cc3)c2=O)CC1. The van der Waals surface area contributed by atoms with Crippen LogP contribution in [0.15, 0.2) is 78.0 Å². The average Bonchev–Trinajstić information content (AvgIpc) is 3.43. The number of benzene rings is 2. The Balaban J connectivity index is 1.15. The molecule has 10 heteroatoms. The number of carbonyl (C=O) groups is 1. The third-order valence-electron chi connectivity index (χ3n) is 8.91. The molecule has 3 heterocycles. The molecule has 2 aliphatic rings. The molecule has 1 aliphatic carbocycles. The molecule has 1 aliphatic heterocycles. The van der Waals surface area contributed by atoms with E-state index < -0.39 is 23.9 Å². The van der Waals surface area contributed by atoms with E-state index in [-0.39, 0.29) is 69.3 Å². The summed E-state index contributed by atoms with van der Waals surface area (Å²) in [4.78, 5) is 33.0. The third-order valence-corrected chi connectivity index (χ3v) is 8.91. The normalized spacial score (nSPS) is 21.9. The maximum absolute atomic E-state index is 14.5. The van der Waals surface area contributed by atoms with E-state index in [0.717, 1.165) is 16.8 Å². The van der Waals surface area contributed by atoms with Crippen LogP contribution in [0.3, 0.4) is 0 Å². The van der Waals surface area contributed by atoms with Crippen LogP contribution in [0.4, 0.5) is 8.78 Å². The number of halogens is 2. The van der Waals surface area contributed by atoms with Gasteiger partial charge in [0.15, 0.2) is 5.65 Å². The molecule has 2 aromatic heterocycles. The monoisotopic (exact) mass is 576 g/mol. The summed E-state index contributed by atoms with van der Waals surface area (Å²) in [6.45, 7) is 0.406. The van der Waals surface area contributed by atoms with Gasteiger partial charge < -0.3 is 19.7 Å². The molecule has 42 heavy (non-hydrogen) atoms. The highest BCUT2D eigenvalue weighted by Gasteiger charge is 2.47. The Bertz CT molecular complexity index is 1630. The van der Waals surface area contributed by atoms with Gasteiger partial charge in [-0.25, -0.2) is 13.8 Å². The number of piperidine rings is 1. The molecule has 1 saturated heterocycles. The molecule has 6 rings (SSSR count). The van der Waals surface area contributed by atoms with Gasteiger partial charge in [0, 0.05) is 37.8 Å². The van der Waals surface area contributed by atoms with Gasteiger partial charge in [-0.1, -0.05) is 42.5 Å². The summed E-state index contributed by atoms with van der Waals surface area (Å²) >= 11 is 0. The van der Waals surface area contributed by atoms with Gasteiger partial charge in [0.25, 0.3) is 5.56 Å². The molecule has 0 spiro atoms. The minimum Gasteiger partial charge on any atom is -0.392 e. The number of rotatable bonds is 6. The largest absolute Gasteiger partial charge is 0.392 e. The highest BCUT2D eigenvalue weighted by atomic mass is 19.3. The zero-order chi connectivity index (χ0) is 29.5. The number of likely N-dealkylation sites (tertiary alicyclic amines) is 1. The van der Waals surface area contributed by atoms with E-state index in [1.807, 2.05) is 42.5 Å². The average molecular weight is 577 g/mol. The van der Waals surface area contributed by atoms with E-state index in [1.54, 1.807) is 33.9 Å². The number of carbonyl (C=O) groups excluding carboxylic acids is 1. The number of aliphatic hydroxyl groups excluding tert-OH is 1. The number of nitrogens with zero attached hydrogens (tertiary/aromatic N) is 4. The first-order valence-corrected chi connectivity index (χ1v) is 14.4. The zero-order valence-electron chi connectivity index (χ0n) is 23.2. The lowest BCUT2D eigenvalue weighted by Crippen LogP contribution is -2.52. The Morgan fingerprint density at radius 1 is 1.00 bits per heavy atom. The second kappa shape index (κ2) is 11.1. The molecule has 2 atom stereocenters. The van der Waals surface area contributed by atoms with E-state index in [1.165, 1.54) is 10.9 Å². The van der Waals surface area contributed by atoms with Crippen molar-refractivity contribution in [3.05, 3.63) is 94.7 Å². The van der Waals surface area contributed by atoms with Crippen molar-refractivity contribution in [2.75, 3.05) is 13.1 Å². The molecule has 0 bridgehead atoms. The van der Waals surface area contributed by atoms with Crippen LogP contribution in [0.25, 0.3) is 16.7 Å². The van der Waals surface area contributed by atoms with Gasteiger partial charge in [-0.15, -0.1) is 0 Å². The minimum atomic E-state index is -2.88.